The molecule has 1 aliphatic heterocycles. The van der Waals surface area contributed by atoms with Crippen molar-refractivity contribution in [1.82, 2.24) is 4.90 Å². The van der Waals surface area contributed by atoms with Gasteiger partial charge in [-0.15, -0.1) is 0 Å². The van der Waals surface area contributed by atoms with E-state index in [1.165, 1.54) is 18.4 Å². The van der Waals surface area contributed by atoms with E-state index in [4.69, 9.17) is 5.21 Å². The Hall–Kier alpha value is -1.35. The van der Waals surface area contributed by atoms with Gasteiger partial charge >= 0.3 is 0 Å². The van der Waals surface area contributed by atoms with Crippen molar-refractivity contribution in [1.29, 1.82) is 0 Å². The van der Waals surface area contributed by atoms with Gasteiger partial charge < -0.3 is 5.21 Å². The largest absolute Gasteiger partial charge is 0.411 e. The third kappa shape index (κ3) is 2.27. The summed E-state index contributed by atoms with van der Waals surface area (Å²) in [5.41, 5.74) is 2.40. The Balaban J connectivity index is 1.67. The van der Waals surface area contributed by atoms with Crippen molar-refractivity contribution in [3.05, 3.63) is 35.9 Å². The predicted molar refractivity (Wildman–Crippen MR) is 71.8 cm³/mol. The highest BCUT2D eigenvalue weighted by Gasteiger charge is 2.38. The molecule has 1 aliphatic carbocycles. The number of hydrogen-bond acceptors (Lipinski definition) is 3. The molecule has 0 amide bonds. The molecule has 2 fully saturated rings. The molecule has 1 N–H and O–H groups in total. The minimum Gasteiger partial charge on any atom is -0.411 e. The van der Waals surface area contributed by atoms with Crippen molar-refractivity contribution < 1.29 is 5.21 Å². The van der Waals surface area contributed by atoms with E-state index in [1.54, 1.807) is 0 Å². The van der Waals surface area contributed by atoms with Crippen LogP contribution in [-0.4, -0.2) is 28.9 Å². The maximum Gasteiger partial charge on any atom is 0.0617 e. The van der Waals surface area contributed by atoms with E-state index >= 15 is 0 Å². The van der Waals surface area contributed by atoms with Crippen LogP contribution in [-0.2, 0) is 6.54 Å². The molecule has 1 heterocycles. The average molecular weight is 244 g/mol. The summed E-state index contributed by atoms with van der Waals surface area (Å²) in [6, 6.07) is 10.6. The first-order valence-corrected chi connectivity index (χ1v) is 6.84. The molecule has 1 saturated carbocycles. The number of hydrogen-bond donors (Lipinski definition) is 1. The Labute approximate surface area is 108 Å². The smallest absolute Gasteiger partial charge is 0.0617 e. The SMILES string of the molecule is O/N=C1/CCC[C@H]2CN(Cc3ccccc3)C[C@@H]12. The van der Waals surface area contributed by atoms with Gasteiger partial charge in [-0.1, -0.05) is 35.5 Å². The zero-order chi connectivity index (χ0) is 12.4. The molecule has 0 spiro atoms. The van der Waals surface area contributed by atoms with Gasteiger partial charge in [-0.2, -0.15) is 0 Å². The third-order valence-corrected chi connectivity index (χ3v) is 4.33. The van der Waals surface area contributed by atoms with Gasteiger partial charge in [0.2, 0.25) is 0 Å². The van der Waals surface area contributed by atoms with Gasteiger partial charge in [0.1, 0.15) is 0 Å². The lowest BCUT2D eigenvalue weighted by Crippen LogP contribution is -2.27. The Morgan fingerprint density at radius 1 is 1.22 bits per heavy atom. The summed E-state index contributed by atoms with van der Waals surface area (Å²) in [5, 5.41) is 12.6. The number of fused-ring (bicyclic) bond motifs is 1. The summed E-state index contributed by atoms with van der Waals surface area (Å²) in [6.07, 6.45) is 3.45. The van der Waals surface area contributed by atoms with Gasteiger partial charge in [-0.25, -0.2) is 0 Å². The molecule has 1 aromatic rings. The summed E-state index contributed by atoms with van der Waals surface area (Å²) in [4.78, 5) is 2.50. The second kappa shape index (κ2) is 5.11. The molecule has 0 unspecified atom stereocenters. The standard InChI is InChI=1S/C15H20N2O/c18-16-15-8-4-7-13-10-17(11-14(13)15)9-12-5-2-1-3-6-12/h1-3,5-6,13-14,18H,4,7-11H2/b16-15-/t13-,14+/m0/s1. The molecule has 1 saturated heterocycles. The van der Waals surface area contributed by atoms with Crippen molar-refractivity contribution in [2.75, 3.05) is 13.1 Å². The maximum atomic E-state index is 9.08. The van der Waals surface area contributed by atoms with Crippen LogP contribution >= 0.6 is 0 Å². The number of oxime groups is 1. The highest BCUT2D eigenvalue weighted by molar-refractivity contribution is 5.87. The quantitative estimate of drug-likeness (QED) is 0.641. The normalized spacial score (nSPS) is 30.6. The molecule has 0 bridgehead atoms. The number of benzene rings is 1. The van der Waals surface area contributed by atoms with Crippen molar-refractivity contribution in [3.63, 3.8) is 0 Å². The fourth-order valence-corrected chi connectivity index (χ4v) is 3.46. The molecule has 3 heteroatoms. The molecule has 2 atom stereocenters. The molecule has 2 aliphatic rings. The van der Waals surface area contributed by atoms with E-state index in [2.05, 4.69) is 40.4 Å². The molecule has 0 radical (unpaired) electrons. The Kier molecular flexibility index (Phi) is 3.33. The monoisotopic (exact) mass is 244 g/mol. The van der Waals surface area contributed by atoms with Gasteiger partial charge in [-0.05, 0) is 30.7 Å². The first-order valence-electron chi connectivity index (χ1n) is 6.84. The predicted octanol–water partition coefficient (Wildman–Crippen LogP) is 2.75. The summed E-state index contributed by atoms with van der Waals surface area (Å²) in [7, 11) is 0. The second-order valence-corrected chi connectivity index (χ2v) is 5.53. The highest BCUT2D eigenvalue weighted by atomic mass is 16.4. The molecular formula is C15H20N2O. The maximum absolute atomic E-state index is 9.08. The Morgan fingerprint density at radius 2 is 2.06 bits per heavy atom. The topological polar surface area (TPSA) is 35.8 Å². The van der Waals surface area contributed by atoms with Crippen LogP contribution in [0.5, 0.6) is 0 Å². The lowest BCUT2D eigenvalue weighted by atomic mass is 9.80. The van der Waals surface area contributed by atoms with Gasteiger partial charge in [0.25, 0.3) is 0 Å². The first kappa shape index (κ1) is 11.7. The first-order chi connectivity index (χ1) is 8.86. The number of nitrogens with zero attached hydrogens (tertiary/aromatic N) is 2. The highest BCUT2D eigenvalue weighted by Crippen LogP contribution is 2.35. The van der Waals surface area contributed by atoms with Crippen molar-refractivity contribution in [2.24, 2.45) is 17.0 Å². The fourth-order valence-electron chi connectivity index (χ4n) is 3.46. The van der Waals surface area contributed by atoms with E-state index in [9.17, 15) is 0 Å². The van der Waals surface area contributed by atoms with Crippen LogP contribution in [0, 0.1) is 11.8 Å². The summed E-state index contributed by atoms with van der Waals surface area (Å²) in [6.45, 7) is 3.23. The second-order valence-electron chi connectivity index (χ2n) is 5.53. The summed E-state index contributed by atoms with van der Waals surface area (Å²) >= 11 is 0. The lowest BCUT2D eigenvalue weighted by molar-refractivity contribution is 0.304. The lowest BCUT2D eigenvalue weighted by Gasteiger charge is -2.24. The van der Waals surface area contributed by atoms with Crippen LogP contribution in [0.4, 0.5) is 0 Å². The zero-order valence-electron chi connectivity index (χ0n) is 10.6. The minimum atomic E-state index is 0.493. The van der Waals surface area contributed by atoms with Crippen LogP contribution in [0.2, 0.25) is 0 Å². The fraction of sp³-hybridized carbons (Fsp3) is 0.533. The Bertz CT molecular complexity index is 429. The van der Waals surface area contributed by atoms with Gasteiger partial charge in [0, 0.05) is 25.6 Å². The molecule has 96 valence electrons. The van der Waals surface area contributed by atoms with Crippen LogP contribution in [0.3, 0.4) is 0 Å². The zero-order valence-corrected chi connectivity index (χ0v) is 10.6. The Morgan fingerprint density at radius 3 is 2.83 bits per heavy atom. The van der Waals surface area contributed by atoms with E-state index in [-0.39, 0.29) is 0 Å². The van der Waals surface area contributed by atoms with Crippen LogP contribution < -0.4 is 0 Å². The van der Waals surface area contributed by atoms with Crippen molar-refractivity contribution in [3.8, 4) is 0 Å². The summed E-state index contributed by atoms with van der Waals surface area (Å²) < 4.78 is 0. The van der Waals surface area contributed by atoms with Gasteiger partial charge in [-0.3, -0.25) is 4.90 Å². The van der Waals surface area contributed by atoms with E-state index < -0.39 is 0 Å². The van der Waals surface area contributed by atoms with E-state index in [0.29, 0.717) is 11.8 Å². The number of rotatable bonds is 2. The van der Waals surface area contributed by atoms with Crippen LogP contribution in [0.1, 0.15) is 24.8 Å². The van der Waals surface area contributed by atoms with Crippen molar-refractivity contribution in [2.45, 2.75) is 25.8 Å². The van der Waals surface area contributed by atoms with Crippen LogP contribution in [0.25, 0.3) is 0 Å². The van der Waals surface area contributed by atoms with E-state index in [0.717, 1.165) is 31.8 Å². The molecule has 3 nitrogen and oxygen atoms in total. The van der Waals surface area contributed by atoms with Gasteiger partial charge in [0.15, 0.2) is 0 Å². The molecule has 1 aromatic carbocycles. The third-order valence-electron chi connectivity index (χ3n) is 4.33. The molecule has 0 aromatic heterocycles. The molecular weight excluding hydrogens is 224 g/mol. The van der Waals surface area contributed by atoms with Gasteiger partial charge in [0.05, 0.1) is 5.71 Å². The van der Waals surface area contributed by atoms with Crippen molar-refractivity contribution >= 4 is 5.71 Å². The average Bonchev–Trinajstić information content (AvgIpc) is 2.82. The molecule has 3 rings (SSSR count). The van der Waals surface area contributed by atoms with Crippen LogP contribution in [0.15, 0.2) is 35.5 Å². The molecule has 18 heavy (non-hydrogen) atoms. The summed E-state index contributed by atoms with van der Waals surface area (Å²) in [5.74, 6) is 1.20. The van der Waals surface area contributed by atoms with E-state index in [1.807, 2.05) is 0 Å². The minimum absolute atomic E-state index is 0.493. The number of likely N-dealkylation sites (tertiary alicyclic amines) is 1.